The number of hydrogen-bond acceptors (Lipinski definition) is 4. The Morgan fingerprint density at radius 3 is 2.78 bits per heavy atom. The molecule has 0 fully saturated rings. The molecule has 1 heterocycles. The average Bonchev–Trinajstić information content (AvgIpc) is 2.75. The first-order valence-corrected chi connectivity index (χ1v) is 6.66. The highest BCUT2D eigenvalue weighted by Gasteiger charge is 2.15. The molecule has 0 radical (unpaired) electrons. The first-order chi connectivity index (χ1) is 8.61. The predicted octanol–water partition coefficient (Wildman–Crippen LogP) is 3.27. The van der Waals surface area contributed by atoms with Gasteiger partial charge in [0.1, 0.15) is 5.75 Å². The van der Waals surface area contributed by atoms with Crippen LogP contribution in [0, 0.1) is 0 Å². The third-order valence-corrected chi connectivity index (χ3v) is 3.96. The quantitative estimate of drug-likeness (QED) is 0.847. The predicted molar refractivity (Wildman–Crippen MR) is 75.4 cm³/mol. The molecule has 3 N–H and O–H groups in total. The Morgan fingerprint density at radius 2 is 2.17 bits per heavy atom. The summed E-state index contributed by atoms with van der Waals surface area (Å²) in [7, 11) is 1.56. The number of ether oxygens (including phenoxy) is 1. The van der Waals surface area contributed by atoms with Crippen molar-refractivity contribution in [3.63, 3.8) is 0 Å². The van der Waals surface area contributed by atoms with E-state index in [1.54, 1.807) is 19.2 Å². The van der Waals surface area contributed by atoms with Crippen molar-refractivity contribution in [3.8, 4) is 5.75 Å². The van der Waals surface area contributed by atoms with Crippen molar-refractivity contribution >= 4 is 28.6 Å². The molecule has 0 bridgehead atoms. The zero-order valence-electron chi connectivity index (χ0n) is 9.89. The van der Waals surface area contributed by atoms with Gasteiger partial charge in [0.05, 0.1) is 23.2 Å². The van der Waals surface area contributed by atoms with Crippen LogP contribution in [0.2, 0.25) is 4.34 Å². The molecule has 0 saturated heterocycles. The van der Waals surface area contributed by atoms with E-state index in [2.05, 4.69) is 0 Å². The lowest BCUT2D eigenvalue weighted by Crippen LogP contribution is -2.05. The van der Waals surface area contributed by atoms with Crippen LogP contribution in [-0.4, -0.2) is 12.2 Å². The van der Waals surface area contributed by atoms with Crippen molar-refractivity contribution in [2.75, 3.05) is 12.8 Å². The third kappa shape index (κ3) is 2.77. The summed E-state index contributed by atoms with van der Waals surface area (Å²) in [4.78, 5) is 1.02. The van der Waals surface area contributed by atoms with E-state index in [9.17, 15) is 5.11 Å². The lowest BCUT2D eigenvalue weighted by Gasteiger charge is -2.14. The first-order valence-electron chi connectivity index (χ1n) is 5.46. The summed E-state index contributed by atoms with van der Waals surface area (Å²) in [6.07, 6.45) is -0.163. The van der Waals surface area contributed by atoms with Crippen molar-refractivity contribution in [1.29, 1.82) is 0 Å². The number of aliphatic hydroxyl groups excluding tert-OH is 1. The van der Waals surface area contributed by atoms with Crippen LogP contribution < -0.4 is 10.5 Å². The molecule has 0 amide bonds. The standard InChI is InChI=1S/C13H14ClNO2S/c1-17-11-4-2-3-9(13(11)15)10(16)7-8-5-6-12(14)18-8/h2-6,10,16H,7,15H2,1H3. The van der Waals surface area contributed by atoms with Gasteiger partial charge in [-0.25, -0.2) is 0 Å². The van der Waals surface area contributed by atoms with Crippen LogP contribution in [-0.2, 0) is 6.42 Å². The van der Waals surface area contributed by atoms with Gasteiger partial charge >= 0.3 is 0 Å². The van der Waals surface area contributed by atoms with E-state index in [-0.39, 0.29) is 0 Å². The van der Waals surface area contributed by atoms with Crippen LogP contribution in [0.15, 0.2) is 30.3 Å². The van der Waals surface area contributed by atoms with Gasteiger partial charge in [0.15, 0.2) is 0 Å². The minimum atomic E-state index is -0.658. The number of nitrogens with two attached hydrogens (primary N) is 1. The molecular formula is C13H14ClNO2S. The van der Waals surface area contributed by atoms with E-state index >= 15 is 0 Å². The maximum Gasteiger partial charge on any atom is 0.142 e. The summed E-state index contributed by atoms with van der Waals surface area (Å²) in [5.74, 6) is 0.579. The summed E-state index contributed by atoms with van der Waals surface area (Å²) >= 11 is 7.32. The fourth-order valence-corrected chi connectivity index (χ4v) is 2.92. The Labute approximate surface area is 115 Å². The summed E-state index contributed by atoms with van der Waals surface area (Å²) < 4.78 is 5.85. The maximum atomic E-state index is 10.2. The number of aliphatic hydroxyl groups is 1. The van der Waals surface area contributed by atoms with Gasteiger partial charge in [-0.3, -0.25) is 0 Å². The summed E-state index contributed by atoms with van der Waals surface area (Å²) in [5, 5.41) is 10.2. The molecule has 2 rings (SSSR count). The number of hydrogen-bond donors (Lipinski definition) is 2. The maximum absolute atomic E-state index is 10.2. The second-order valence-electron chi connectivity index (χ2n) is 3.89. The van der Waals surface area contributed by atoms with Gasteiger partial charge in [-0.15, -0.1) is 11.3 Å². The zero-order valence-corrected chi connectivity index (χ0v) is 11.5. The number of thiophene rings is 1. The summed E-state index contributed by atoms with van der Waals surface area (Å²) in [6.45, 7) is 0. The average molecular weight is 284 g/mol. The highest BCUT2D eigenvalue weighted by molar-refractivity contribution is 7.16. The molecule has 0 aliphatic rings. The van der Waals surface area contributed by atoms with Gasteiger partial charge in [-0.2, -0.15) is 0 Å². The third-order valence-electron chi connectivity index (χ3n) is 2.70. The molecule has 1 aromatic heterocycles. The smallest absolute Gasteiger partial charge is 0.142 e. The fourth-order valence-electron chi connectivity index (χ4n) is 1.79. The number of para-hydroxylation sites is 1. The van der Waals surface area contributed by atoms with Crippen LogP contribution in [0.25, 0.3) is 0 Å². The number of halogens is 1. The molecule has 1 unspecified atom stereocenters. The normalized spacial score (nSPS) is 12.4. The minimum absolute atomic E-state index is 0.482. The van der Waals surface area contributed by atoms with E-state index in [0.717, 1.165) is 9.21 Å². The van der Waals surface area contributed by atoms with Crippen LogP contribution in [0.4, 0.5) is 5.69 Å². The van der Waals surface area contributed by atoms with Gasteiger partial charge in [-0.1, -0.05) is 23.7 Å². The SMILES string of the molecule is COc1cccc(C(O)Cc2ccc(Cl)s2)c1N. The van der Waals surface area contributed by atoms with Gasteiger partial charge < -0.3 is 15.6 Å². The number of nitrogen functional groups attached to an aromatic ring is 1. The molecule has 5 heteroatoms. The Bertz CT molecular complexity index is 542. The number of anilines is 1. The molecule has 2 aromatic rings. The van der Waals surface area contributed by atoms with Crippen molar-refractivity contribution in [2.24, 2.45) is 0 Å². The van der Waals surface area contributed by atoms with E-state index in [1.165, 1.54) is 11.3 Å². The zero-order chi connectivity index (χ0) is 13.1. The minimum Gasteiger partial charge on any atom is -0.495 e. The van der Waals surface area contributed by atoms with Crippen LogP contribution in [0.3, 0.4) is 0 Å². The van der Waals surface area contributed by atoms with Gasteiger partial charge in [0.2, 0.25) is 0 Å². The Morgan fingerprint density at radius 1 is 1.39 bits per heavy atom. The van der Waals surface area contributed by atoms with Crippen LogP contribution in [0.5, 0.6) is 5.75 Å². The molecule has 0 spiro atoms. The summed E-state index contributed by atoms with van der Waals surface area (Å²) in [6, 6.07) is 9.12. The van der Waals surface area contributed by atoms with Crippen molar-refractivity contribution in [2.45, 2.75) is 12.5 Å². The second-order valence-corrected chi connectivity index (χ2v) is 5.69. The Balaban J connectivity index is 2.21. The molecule has 1 atom stereocenters. The molecule has 96 valence electrons. The first kappa shape index (κ1) is 13.2. The largest absolute Gasteiger partial charge is 0.495 e. The van der Waals surface area contributed by atoms with Gasteiger partial charge in [0.25, 0.3) is 0 Å². The monoisotopic (exact) mass is 283 g/mol. The molecule has 1 aromatic carbocycles. The topological polar surface area (TPSA) is 55.5 Å². The highest BCUT2D eigenvalue weighted by Crippen LogP contribution is 2.32. The van der Waals surface area contributed by atoms with Crippen molar-refractivity contribution < 1.29 is 9.84 Å². The molecule has 0 aliphatic carbocycles. The lowest BCUT2D eigenvalue weighted by atomic mass is 10.0. The fraction of sp³-hybridized carbons (Fsp3) is 0.231. The molecule has 3 nitrogen and oxygen atoms in total. The van der Waals surface area contributed by atoms with Crippen LogP contribution >= 0.6 is 22.9 Å². The molecule has 18 heavy (non-hydrogen) atoms. The highest BCUT2D eigenvalue weighted by atomic mass is 35.5. The number of methoxy groups -OCH3 is 1. The number of rotatable bonds is 4. The van der Waals surface area contributed by atoms with Crippen LogP contribution in [0.1, 0.15) is 16.5 Å². The Hall–Kier alpha value is -1.23. The lowest BCUT2D eigenvalue weighted by molar-refractivity contribution is 0.180. The van der Waals surface area contributed by atoms with Crippen molar-refractivity contribution in [1.82, 2.24) is 0 Å². The molecule has 0 aliphatic heterocycles. The number of benzene rings is 1. The van der Waals surface area contributed by atoms with E-state index in [0.29, 0.717) is 23.4 Å². The Kier molecular flexibility index (Phi) is 4.11. The van der Waals surface area contributed by atoms with E-state index < -0.39 is 6.10 Å². The van der Waals surface area contributed by atoms with E-state index in [4.69, 9.17) is 22.1 Å². The second kappa shape index (κ2) is 5.61. The molecule has 0 saturated carbocycles. The molecular weight excluding hydrogens is 270 g/mol. The van der Waals surface area contributed by atoms with Gasteiger partial charge in [-0.05, 0) is 18.2 Å². The van der Waals surface area contributed by atoms with E-state index in [1.807, 2.05) is 18.2 Å². The van der Waals surface area contributed by atoms with Crippen molar-refractivity contribution in [3.05, 3.63) is 45.1 Å². The summed E-state index contributed by atoms with van der Waals surface area (Å²) in [5.41, 5.74) is 7.11. The van der Waals surface area contributed by atoms with Gasteiger partial charge in [0, 0.05) is 16.9 Å².